The van der Waals surface area contributed by atoms with E-state index in [2.05, 4.69) is 6.58 Å². The fraction of sp³-hybridized carbons (Fsp3) is 0.158. The molecular formula is C19H22ClNO3. The highest BCUT2D eigenvalue weighted by molar-refractivity contribution is 5.85. The molecule has 24 heavy (non-hydrogen) atoms. The largest absolute Gasteiger partial charge is 0.497 e. The second-order valence-electron chi connectivity index (χ2n) is 4.88. The highest BCUT2D eigenvalue weighted by Crippen LogP contribution is 2.26. The van der Waals surface area contributed by atoms with Crippen LogP contribution >= 0.6 is 12.4 Å². The number of hydrogen-bond acceptors (Lipinski definition) is 4. The molecule has 0 atom stereocenters. The van der Waals surface area contributed by atoms with Crippen LogP contribution in [0, 0.1) is 0 Å². The third-order valence-electron chi connectivity index (χ3n) is 3.23. The summed E-state index contributed by atoms with van der Waals surface area (Å²) in [6.07, 6.45) is 5.65. The minimum atomic E-state index is 0. The first-order valence-corrected chi connectivity index (χ1v) is 7.20. The summed E-state index contributed by atoms with van der Waals surface area (Å²) in [4.78, 5) is 0. The van der Waals surface area contributed by atoms with Gasteiger partial charge in [0, 0.05) is 6.07 Å². The van der Waals surface area contributed by atoms with Crippen molar-refractivity contribution in [3.8, 4) is 17.2 Å². The van der Waals surface area contributed by atoms with E-state index in [0.717, 1.165) is 22.6 Å². The molecule has 0 fully saturated rings. The van der Waals surface area contributed by atoms with Crippen LogP contribution in [0.15, 0.2) is 49.1 Å². The first-order chi connectivity index (χ1) is 11.2. The molecule has 0 amide bonds. The van der Waals surface area contributed by atoms with Crippen LogP contribution in [0.25, 0.3) is 12.2 Å². The summed E-state index contributed by atoms with van der Waals surface area (Å²) in [6.45, 7) is 4.10. The third-order valence-corrected chi connectivity index (χ3v) is 3.23. The number of nitrogens with two attached hydrogens (primary N) is 1. The van der Waals surface area contributed by atoms with E-state index in [0.29, 0.717) is 18.0 Å². The van der Waals surface area contributed by atoms with Gasteiger partial charge in [0.05, 0.1) is 19.9 Å². The molecule has 0 saturated carbocycles. The van der Waals surface area contributed by atoms with Crippen LogP contribution in [0.3, 0.4) is 0 Å². The maximum absolute atomic E-state index is 5.92. The normalized spacial score (nSPS) is 10.1. The van der Waals surface area contributed by atoms with Gasteiger partial charge in [-0.15, -0.1) is 12.4 Å². The first-order valence-electron chi connectivity index (χ1n) is 7.20. The highest BCUT2D eigenvalue weighted by atomic mass is 35.5. The lowest BCUT2D eigenvalue weighted by Crippen LogP contribution is -1.94. The maximum atomic E-state index is 5.92. The molecule has 0 unspecified atom stereocenters. The van der Waals surface area contributed by atoms with Gasteiger partial charge in [0.2, 0.25) is 0 Å². The summed E-state index contributed by atoms with van der Waals surface area (Å²) in [6, 6.07) is 11.4. The number of anilines is 1. The summed E-state index contributed by atoms with van der Waals surface area (Å²) in [5, 5.41) is 0. The quantitative estimate of drug-likeness (QED) is 0.457. The number of rotatable bonds is 7. The molecule has 0 aliphatic carbocycles. The molecule has 128 valence electrons. The molecule has 5 heteroatoms. The van der Waals surface area contributed by atoms with Gasteiger partial charge < -0.3 is 19.9 Å². The summed E-state index contributed by atoms with van der Waals surface area (Å²) < 4.78 is 16.0. The van der Waals surface area contributed by atoms with Crippen LogP contribution in [0.4, 0.5) is 5.69 Å². The Labute approximate surface area is 148 Å². The molecular weight excluding hydrogens is 326 g/mol. The minimum absolute atomic E-state index is 0. The van der Waals surface area contributed by atoms with E-state index in [-0.39, 0.29) is 12.4 Å². The molecule has 0 aromatic heterocycles. The van der Waals surface area contributed by atoms with E-state index in [9.17, 15) is 0 Å². The average Bonchev–Trinajstić information content (AvgIpc) is 2.58. The number of benzene rings is 2. The van der Waals surface area contributed by atoms with Crippen LogP contribution in [-0.2, 0) is 0 Å². The molecule has 0 saturated heterocycles. The van der Waals surface area contributed by atoms with E-state index in [1.54, 1.807) is 20.3 Å². The second kappa shape index (κ2) is 9.53. The van der Waals surface area contributed by atoms with Crippen LogP contribution in [0.5, 0.6) is 17.2 Å². The van der Waals surface area contributed by atoms with E-state index in [4.69, 9.17) is 19.9 Å². The molecule has 4 nitrogen and oxygen atoms in total. The smallest absolute Gasteiger partial charge is 0.141 e. The topological polar surface area (TPSA) is 53.7 Å². The fourth-order valence-corrected chi connectivity index (χ4v) is 2.10. The van der Waals surface area contributed by atoms with Gasteiger partial charge in [-0.05, 0) is 35.4 Å². The monoisotopic (exact) mass is 347 g/mol. The van der Waals surface area contributed by atoms with Gasteiger partial charge >= 0.3 is 0 Å². The van der Waals surface area contributed by atoms with Crippen molar-refractivity contribution in [3.63, 3.8) is 0 Å². The first kappa shape index (κ1) is 19.5. The third kappa shape index (κ3) is 5.25. The van der Waals surface area contributed by atoms with E-state index in [1.807, 2.05) is 48.6 Å². The Balaban J connectivity index is 0.00000288. The van der Waals surface area contributed by atoms with Crippen molar-refractivity contribution in [2.75, 3.05) is 26.6 Å². The lowest BCUT2D eigenvalue weighted by molar-refractivity contribution is 0.357. The highest BCUT2D eigenvalue weighted by Gasteiger charge is 2.01. The molecule has 2 N–H and O–H groups in total. The van der Waals surface area contributed by atoms with Crippen molar-refractivity contribution in [3.05, 3.63) is 60.2 Å². The van der Waals surface area contributed by atoms with Gasteiger partial charge in [-0.3, -0.25) is 0 Å². The van der Waals surface area contributed by atoms with Gasteiger partial charge in [-0.1, -0.05) is 30.9 Å². The van der Waals surface area contributed by atoms with Crippen molar-refractivity contribution in [2.24, 2.45) is 0 Å². The predicted molar refractivity (Wildman–Crippen MR) is 102 cm³/mol. The van der Waals surface area contributed by atoms with Gasteiger partial charge in [-0.2, -0.15) is 0 Å². The van der Waals surface area contributed by atoms with Crippen molar-refractivity contribution >= 4 is 30.2 Å². The zero-order valence-corrected chi connectivity index (χ0v) is 14.6. The summed E-state index contributed by atoms with van der Waals surface area (Å²) in [5.41, 5.74) is 8.48. The second-order valence-corrected chi connectivity index (χ2v) is 4.88. The molecule has 0 heterocycles. The fourth-order valence-electron chi connectivity index (χ4n) is 2.10. The van der Waals surface area contributed by atoms with Gasteiger partial charge in [0.1, 0.15) is 23.9 Å². The molecule has 2 aromatic rings. The summed E-state index contributed by atoms with van der Waals surface area (Å²) in [5.74, 6) is 2.14. The summed E-state index contributed by atoms with van der Waals surface area (Å²) in [7, 11) is 3.23. The molecule has 0 bridgehead atoms. The van der Waals surface area contributed by atoms with Crippen LogP contribution in [-0.4, -0.2) is 20.8 Å². The molecule has 0 radical (unpaired) electrons. The molecule has 0 aliphatic heterocycles. The van der Waals surface area contributed by atoms with E-state index < -0.39 is 0 Å². The van der Waals surface area contributed by atoms with Crippen molar-refractivity contribution in [1.29, 1.82) is 0 Å². The molecule has 0 spiro atoms. The van der Waals surface area contributed by atoms with Gasteiger partial charge in [-0.25, -0.2) is 0 Å². The lowest BCUT2D eigenvalue weighted by atomic mass is 10.1. The van der Waals surface area contributed by atoms with Gasteiger partial charge in [0.15, 0.2) is 0 Å². The zero-order chi connectivity index (χ0) is 16.7. The number of methoxy groups -OCH3 is 2. The summed E-state index contributed by atoms with van der Waals surface area (Å²) >= 11 is 0. The van der Waals surface area contributed by atoms with Crippen molar-refractivity contribution < 1.29 is 14.2 Å². The van der Waals surface area contributed by atoms with Gasteiger partial charge in [0.25, 0.3) is 0 Å². The Hall–Kier alpha value is -2.59. The molecule has 2 rings (SSSR count). The average molecular weight is 348 g/mol. The predicted octanol–water partition coefficient (Wildman–Crippen LogP) is 4.44. The van der Waals surface area contributed by atoms with E-state index in [1.165, 1.54) is 0 Å². The zero-order valence-electron chi connectivity index (χ0n) is 13.8. The van der Waals surface area contributed by atoms with Crippen LogP contribution in [0.1, 0.15) is 11.1 Å². The van der Waals surface area contributed by atoms with Crippen molar-refractivity contribution in [2.45, 2.75) is 0 Å². The standard InChI is InChI=1S/C19H21NO3.ClH/c1-4-9-23-17-11-15(10-16(13-17)21-2)6-5-14-7-8-19(22-3)18(20)12-14;/h4-8,10-13H,1,9,20H2,2-3H3;1H/b6-5+;. The minimum Gasteiger partial charge on any atom is -0.497 e. The van der Waals surface area contributed by atoms with Crippen LogP contribution < -0.4 is 19.9 Å². The number of hydrogen-bond donors (Lipinski definition) is 1. The van der Waals surface area contributed by atoms with Crippen molar-refractivity contribution in [1.82, 2.24) is 0 Å². The Kier molecular flexibility index (Phi) is 7.72. The SMILES string of the molecule is C=CCOc1cc(/C=C/c2ccc(OC)c(N)c2)cc(OC)c1.Cl. The lowest BCUT2D eigenvalue weighted by Gasteiger charge is -2.08. The Bertz CT molecular complexity index is 714. The molecule has 2 aromatic carbocycles. The number of halogens is 1. The van der Waals surface area contributed by atoms with E-state index >= 15 is 0 Å². The number of nitrogen functional groups attached to an aromatic ring is 1. The Morgan fingerprint density at radius 1 is 0.958 bits per heavy atom. The Morgan fingerprint density at radius 3 is 2.29 bits per heavy atom. The Morgan fingerprint density at radius 2 is 1.67 bits per heavy atom. The molecule has 0 aliphatic rings. The number of ether oxygens (including phenoxy) is 3. The van der Waals surface area contributed by atoms with Crippen LogP contribution in [0.2, 0.25) is 0 Å². The maximum Gasteiger partial charge on any atom is 0.141 e.